The summed E-state index contributed by atoms with van der Waals surface area (Å²) in [4.78, 5) is 71.6. The number of amides is 5. The smallest absolute Gasteiger partial charge is 0.245 e. The molecule has 0 fully saturated rings. The number of nitrogens with two attached hydrogens (primary N) is 2. The van der Waals surface area contributed by atoms with Crippen molar-refractivity contribution in [2.45, 2.75) is 90.2 Å². The first-order valence-corrected chi connectivity index (χ1v) is 14.7. The van der Waals surface area contributed by atoms with Gasteiger partial charge in [-0.1, -0.05) is 64.4 Å². The van der Waals surface area contributed by atoms with Gasteiger partial charge < -0.3 is 42.8 Å². The summed E-state index contributed by atoms with van der Waals surface area (Å²) in [5, 5.41) is 20.8. The molecular weight excluding hydrogens is 568 g/mol. The van der Waals surface area contributed by atoms with Crippen LogP contribution >= 0.6 is 0 Å². The van der Waals surface area contributed by atoms with E-state index in [0.717, 1.165) is 5.56 Å². The molecule has 242 valence electrons. The highest BCUT2D eigenvalue weighted by Crippen LogP contribution is 2.11. The molecule has 44 heavy (non-hydrogen) atoms. The fourth-order valence-electron chi connectivity index (χ4n) is 4.45. The largest absolute Gasteiger partial charge is 0.391 e. The van der Waals surface area contributed by atoms with Crippen LogP contribution in [0.25, 0.3) is 0 Å². The van der Waals surface area contributed by atoms with Crippen LogP contribution < -0.4 is 32.7 Å². The molecule has 14 nitrogen and oxygen atoms in total. The van der Waals surface area contributed by atoms with Gasteiger partial charge in [0.05, 0.1) is 18.5 Å². The Bertz CT molecular complexity index is 1240. The maximum Gasteiger partial charge on any atom is 0.245 e. The molecule has 7 atom stereocenters. The normalized spacial score (nSPS) is 16.0. The summed E-state index contributed by atoms with van der Waals surface area (Å²) in [7, 11) is 0. The molecule has 10 N–H and O–H groups in total. The van der Waals surface area contributed by atoms with E-state index in [2.05, 4.69) is 31.2 Å². The van der Waals surface area contributed by atoms with Crippen molar-refractivity contribution < 1.29 is 29.1 Å². The number of aromatic nitrogens is 2. The second kappa shape index (κ2) is 17.1. The predicted octanol–water partition coefficient (Wildman–Crippen LogP) is -0.970. The number of carbonyl (C=O) groups is 5. The van der Waals surface area contributed by atoms with Crippen LogP contribution in [0, 0.1) is 11.8 Å². The van der Waals surface area contributed by atoms with Crippen molar-refractivity contribution in [1.29, 1.82) is 0 Å². The van der Waals surface area contributed by atoms with Gasteiger partial charge in [0.2, 0.25) is 29.5 Å². The van der Waals surface area contributed by atoms with Crippen LogP contribution in [0.5, 0.6) is 0 Å². The van der Waals surface area contributed by atoms with Crippen LogP contribution in [-0.4, -0.2) is 80.9 Å². The summed E-state index contributed by atoms with van der Waals surface area (Å²) in [6, 6.07) is 3.56. The Kier molecular flexibility index (Phi) is 14.0. The minimum Gasteiger partial charge on any atom is -0.391 e. The van der Waals surface area contributed by atoms with Crippen molar-refractivity contribution in [3.8, 4) is 0 Å². The van der Waals surface area contributed by atoms with Gasteiger partial charge in [-0.2, -0.15) is 0 Å². The number of imidazole rings is 1. The third-order valence-corrected chi connectivity index (χ3v) is 7.38. The quantitative estimate of drug-likeness (QED) is 0.110. The van der Waals surface area contributed by atoms with Crippen LogP contribution in [0.2, 0.25) is 0 Å². The Morgan fingerprint density at radius 3 is 1.93 bits per heavy atom. The first-order chi connectivity index (χ1) is 20.7. The van der Waals surface area contributed by atoms with Gasteiger partial charge in [-0.15, -0.1) is 0 Å². The maximum atomic E-state index is 13.4. The van der Waals surface area contributed by atoms with Crippen molar-refractivity contribution in [2.24, 2.45) is 23.3 Å². The number of rotatable bonds is 17. The molecule has 0 aliphatic rings. The number of hydrogen-bond acceptors (Lipinski definition) is 8. The Morgan fingerprint density at radius 1 is 0.841 bits per heavy atom. The SMILES string of the molecule is CCC(C)C(NC(=O)C(N)Cc1ccccc1)C(=O)NC(C(=O)NC(C(=O)NC(Cc1cnc[nH]1)C(N)=O)C(C)C)C(C)O. The van der Waals surface area contributed by atoms with E-state index in [1.54, 1.807) is 20.8 Å². The fraction of sp³-hybridized carbons (Fsp3) is 0.533. The van der Waals surface area contributed by atoms with E-state index in [-0.39, 0.29) is 18.8 Å². The Morgan fingerprint density at radius 2 is 1.41 bits per heavy atom. The molecule has 2 rings (SSSR count). The van der Waals surface area contributed by atoms with Gasteiger partial charge in [0, 0.05) is 18.3 Å². The molecule has 0 radical (unpaired) electrons. The molecule has 1 aromatic heterocycles. The summed E-state index contributed by atoms with van der Waals surface area (Å²) in [5.41, 5.74) is 13.0. The molecule has 14 heteroatoms. The number of benzene rings is 1. The molecule has 0 bridgehead atoms. The van der Waals surface area contributed by atoms with Gasteiger partial charge in [-0.05, 0) is 30.7 Å². The summed E-state index contributed by atoms with van der Waals surface area (Å²) in [6.45, 7) is 8.29. The predicted molar refractivity (Wildman–Crippen MR) is 163 cm³/mol. The molecule has 7 unspecified atom stereocenters. The topological polar surface area (TPSA) is 234 Å². The molecule has 1 aromatic carbocycles. The monoisotopic (exact) mass is 614 g/mol. The zero-order chi connectivity index (χ0) is 33.0. The van der Waals surface area contributed by atoms with E-state index >= 15 is 0 Å². The molecule has 0 spiro atoms. The van der Waals surface area contributed by atoms with Crippen molar-refractivity contribution in [1.82, 2.24) is 31.2 Å². The highest BCUT2D eigenvalue weighted by molar-refractivity contribution is 5.96. The highest BCUT2D eigenvalue weighted by atomic mass is 16.3. The van der Waals surface area contributed by atoms with Gasteiger partial charge >= 0.3 is 0 Å². The zero-order valence-corrected chi connectivity index (χ0v) is 25.9. The van der Waals surface area contributed by atoms with E-state index in [9.17, 15) is 29.1 Å². The van der Waals surface area contributed by atoms with E-state index in [4.69, 9.17) is 11.5 Å². The summed E-state index contributed by atoms with van der Waals surface area (Å²) in [5.74, 6) is -4.30. The lowest BCUT2D eigenvalue weighted by molar-refractivity contribution is -0.137. The molecule has 0 aliphatic carbocycles. The first-order valence-electron chi connectivity index (χ1n) is 14.7. The minimum absolute atomic E-state index is 0.0594. The molecule has 0 saturated heterocycles. The number of nitrogens with one attached hydrogen (secondary N) is 5. The molecule has 2 aromatic rings. The zero-order valence-electron chi connectivity index (χ0n) is 25.9. The van der Waals surface area contributed by atoms with Crippen LogP contribution in [0.15, 0.2) is 42.9 Å². The number of primary amides is 1. The Balaban J connectivity index is 2.13. The number of hydrogen-bond donors (Lipinski definition) is 8. The molecule has 0 saturated carbocycles. The molecule has 1 heterocycles. The number of aromatic amines is 1. The molecular formula is C30H46N8O6. The van der Waals surface area contributed by atoms with Crippen molar-refractivity contribution in [2.75, 3.05) is 0 Å². The summed E-state index contributed by atoms with van der Waals surface area (Å²) in [6.07, 6.45) is 2.40. The number of nitrogens with zero attached hydrogens (tertiary/aromatic N) is 1. The number of aliphatic hydroxyl groups is 1. The van der Waals surface area contributed by atoms with Crippen molar-refractivity contribution >= 4 is 29.5 Å². The average molecular weight is 615 g/mol. The number of H-pyrrole nitrogens is 1. The molecule has 0 aliphatic heterocycles. The lowest BCUT2D eigenvalue weighted by Crippen LogP contribution is -2.62. The summed E-state index contributed by atoms with van der Waals surface area (Å²) >= 11 is 0. The minimum atomic E-state index is -1.46. The average Bonchev–Trinajstić information content (AvgIpc) is 3.49. The molecule has 5 amide bonds. The highest BCUT2D eigenvalue weighted by Gasteiger charge is 2.35. The van der Waals surface area contributed by atoms with Crippen LogP contribution in [-0.2, 0) is 36.8 Å². The fourth-order valence-corrected chi connectivity index (χ4v) is 4.45. The van der Waals surface area contributed by atoms with Gasteiger partial charge in [-0.3, -0.25) is 24.0 Å². The summed E-state index contributed by atoms with van der Waals surface area (Å²) < 4.78 is 0. The van der Waals surface area contributed by atoms with Gasteiger partial charge in [0.15, 0.2) is 0 Å². The Labute approximate surface area is 257 Å². The second-order valence-electron chi connectivity index (χ2n) is 11.4. The first kappa shape index (κ1) is 35.9. The number of carbonyl (C=O) groups excluding carboxylic acids is 5. The van der Waals surface area contributed by atoms with Crippen LogP contribution in [0.3, 0.4) is 0 Å². The standard InChI is InChI=1S/C30H46N8O6/c1-6-17(4)24(37-27(41)21(31)12-19-10-8-7-9-11-19)29(43)38-25(18(5)39)30(44)36-23(16(2)3)28(42)35-22(26(32)40)13-20-14-33-15-34-20/h7-11,14-18,21-25,39H,6,12-13,31H2,1-5H3,(H2,32,40)(H,33,34)(H,35,42)(H,36,44)(H,37,41)(H,38,43). The van der Waals surface area contributed by atoms with Crippen molar-refractivity contribution in [3.05, 3.63) is 54.1 Å². The van der Waals surface area contributed by atoms with E-state index in [1.807, 2.05) is 37.3 Å². The third kappa shape index (κ3) is 10.8. The lowest BCUT2D eigenvalue weighted by Gasteiger charge is -2.30. The van der Waals surface area contributed by atoms with Crippen LogP contribution in [0.4, 0.5) is 0 Å². The van der Waals surface area contributed by atoms with Crippen molar-refractivity contribution in [3.63, 3.8) is 0 Å². The van der Waals surface area contributed by atoms with Gasteiger partial charge in [-0.25, -0.2) is 4.98 Å². The maximum absolute atomic E-state index is 13.4. The second-order valence-corrected chi connectivity index (χ2v) is 11.4. The number of aliphatic hydroxyl groups excluding tert-OH is 1. The van der Waals surface area contributed by atoms with E-state index < -0.39 is 71.8 Å². The van der Waals surface area contributed by atoms with E-state index in [1.165, 1.54) is 19.4 Å². The van der Waals surface area contributed by atoms with Crippen LogP contribution in [0.1, 0.15) is 52.3 Å². The van der Waals surface area contributed by atoms with Gasteiger partial charge in [0.25, 0.3) is 0 Å². The third-order valence-electron chi connectivity index (χ3n) is 7.38. The lowest BCUT2D eigenvalue weighted by atomic mass is 9.96. The Hall–Kier alpha value is -4.30. The van der Waals surface area contributed by atoms with E-state index in [0.29, 0.717) is 12.1 Å². The van der Waals surface area contributed by atoms with Gasteiger partial charge in [0.1, 0.15) is 24.2 Å².